The fraction of sp³-hybridized carbons (Fsp3) is 0.357. The molecule has 0 aliphatic carbocycles. The fourth-order valence-electron chi connectivity index (χ4n) is 2.20. The standard InChI is InChI=1S/C14H16N2O3/c1-9(17)15-11-5-3-10(4-6-11)14(2)8-7-12(18)16-13(14)19/h3-6H,7-8H2,1-2H3,(H,15,17)(H,16,18,19)/t14-/m1/s1. The van der Waals surface area contributed by atoms with Crippen LogP contribution in [0.1, 0.15) is 32.3 Å². The molecule has 1 saturated heterocycles. The molecule has 0 bridgehead atoms. The van der Waals surface area contributed by atoms with Gasteiger partial charge in [0.25, 0.3) is 0 Å². The second-order valence-electron chi connectivity index (χ2n) is 4.97. The second kappa shape index (κ2) is 4.84. The van der Waals surface area contributed by atoms with Crippen LogP contribution < -0.4 is 10.6 Å². The van der Waals surface area contributed by atoms with Gasteiger partial charge in [0.05, 0.1) is 5.41 Å². The molecular formula is C14H16N2O3. The Morgan fingerprint density at radius 3 is 2.42 bits per heavy atom. The molecule has 0 unspecified atom stereocenters. The number of hydrogen-bond acceptors (Lipinski definition) is 3. The number of anilines is 1. The number of rotatable bonds is 2. The molecule has 1 aliphatic rings. The van der Waals surface area contributed by atoms with Gasteiger partial charge in [0, 0.05) is 19.0 Å². The first-order chi connectivity index (χ1) is 8.91. The van der Waals surface area contributed by atoms with E-state index in [0.717, 1.165) is 5.56 Å². The molecular weight excluding hydrogens is 244 g/mol. The number of imide groups is 1. The first-order valence-electron chi connectivity index (χ1n) is 6.14. The van der Waals surface area contributed by atoms with Gasteiger partial charge in [-0.1, -0.05) is 12.1 Å². The molecule has 0 aromatic heterocycles. The summed E-state index contributed by atoms with van der Waals surface area (Å²) >= 11 is 0. The minimum absolute atomic E-state index is 0.139. The average Bonchev–Trinajstić information content (AvgIpc) is 2.34. The Balaban J connectivity index is 2.23. The van der Waals surface area contributed by atoms with Crippen LogP contribution in [-0.4, -0.2) is 17.7 Å². The summed E-state index contributed by atoms with van der Waals surface area (Å²) in [6.07, 6.45) is 0.840. The Morgan fingerprint density at radius 1 is 1.26 bits per heavy atom. The van der Waals surface area contributed by atoms with Crippen LogP contribution in [0.4, 0.5) is 5.69 Å². The molecule has 3 amide bonds. The third-order valence-corrected chi connectivity index (χ3v) is 3.45. The maximum Gasteiger partial charge on any atom is 0.236 e. The molecule has 0 spiro atoms. The lowest BCUT2D eigenvalue weighted by atomic mass is 9.75. The summed E-state index contributed by atoms with van der Waals surface area (Å²) in [6, 6.07) is 7.12. The quantitative estimate of drug-likeness (QED) is 0.788. The van der Waals surface area contributed by atoms with Gasteiger partial charge in [-0.15, -0.1) is 0 Å². The van der Waals surface area contributed by atoms with Gasteiger partial charge in [-0.25, -0.2) is 0 Å². The zero-order chi connectivity index (χ0) is 14.0. The molecule has 100 valence electrons. The molecule has 19 heavy (non-hydrogen) atoms. The smallest absolute Gasteiger partial charge is 0.236 e. The maximum atomic E-state index is 12.0. The van der Waals surface area contributed by atoms with Crippen LogP contribution in [-0.2, 0) is 19.8 Å². The minimum atomic E-state index is -0.692. The van der Waals surface area contributed by atoms with Crippen molar-refractivity contribution in [1.29, 1.82) is 0 Å². The number of carbonyl (C=O) groups is 3. The number of nitrogens with one attached hydrogen (secondary N) is 2. The highest BCUT2D eigenvalue weighted by atomic mass is 16.2. The molecule has 1 aliphatic heterocycles. The van der Waals surface area contributed by atoms with Crippen molar-refractivity contribution in [2.45, 2.75) is 32.1 Å². The lowest BCUT2D eigenvalue weighted by molar-refractivity contribution is -0.137. The van der Waals surface area contributed by atoms with E-state index in [2.05, 4.69) is 10.6 Å². The number of hydrogen-bond donors (Lipinski definition) is 2. The van der Waals surface area contributed by atoms with Crippen molar-refractivity contribution in [2.24, 2.45) is 0 Å². The van der Waals surface area contributed by atoms with Crippen molar-refractivity contribution >= 4 is 23.4 Å². The largest absolute Gasteiger partial charge is 0.326 e. The summed E-state index contributed by atoms with van der Waals surface area (Å²) < 4.78 is 0. The lowest BCUT2D eigenvalue weighted by Crippen LogP contribution is -2.49. The SMILES string of the molecule is CC(=O)Nc1ccc([C@@]2(C)CCC(=O)NC2=O)cc1. The zero-order valence-corrected chi connectivity index (χ0v) is 10.9. The Labute approximate surface area is 111 Å². The number of piperidine rings is 1. The Kier molecular flexibility index (Phi) is 3.38. The summed E-state index contributed by atoms with van der Waals surface area (Å²) in [6.45, 7) is 3.26. The van der Waals surface area contributed by atoms with Crippen molar-refractivity contribution in [3.05, 3.63) is 29.8 Å². The minimum Gasteiger partial charge on any atom is -0.326 e. The molecule has 5 nitrogen and oxygen atoms in total. The maximum absolute atomic E-state index is 12.0. The predicted octanol–water partition coefficient (Wildman–Crippen LogP) is 1.34. The third kappa shape index (κ3) is 2.65. The topological polar surface area (TPSA) is 75.3 Å². The van der Waals surface area contributed by atoms with E-state index in [4.69, 9.17) is 0 Å². The van der Waals surface area contributed by atoms with E-state index in [9.17, 15) is 14.4 Å². The second-order valence-corrected chi connectivity index (χ2v) is 4.97. The van der Waals surface area contributed by atoms with E-state index in [0.29, 0.717) is 18.5 Å². The van der Waals surface area contributed by atoms with Crippen molar-refractivity contribution in [2.75, 3.05) is 5.32 Å². The summed E-state index contributed by atoms with van der Waals surface area (Å²) in [4.78, 5) is 34.1. The van der Waals surface area contributed by atoms with Crippen molar-refractivity contribution < 1.29 is 14.4 Å². The highest BCUT2D eigenvalue weighted by Crippen LogP contribution is 2.32. The number of amides is 3. The zero-order valence-electron chi connectivity index (χ0n) is 10.9. The molecule has 1 fully saturated rings. The summed E-state index contributed by atoms with van der Waals surface area (Å²) in [5.74, 6) is -0.631. The van der Waals surface area contributed by atoms with Crippen LogP contribution in [0.25, 0.3) is 0 Å². The van der Waals surface area contributed by atoms with E-state index in [1.807, 2.05) is 6.92 Å². The van der Waals surface area contributed by atoms with Crippen LogP contribution in [0.2, 0.25) is 0 Å². The highest BCUT2D eigenvalue weighted by Gasteiger charge is 2.39. The van der Waals surface area contributed by atoms with E-state index in [1.54, 1.807) is 24.3 Å². The Hall–Kier alpha value is -2.17. The van der Waals surface area contributed by atoms with E-state index in [-0.39, 0.29) is 17.7 Å². The summed E-state index contributed by atoms with van der Waals surface area (Å²) in [7, 11) is 0. The number of benzene rings is 1. The van der Waals surface area contributed by atoms with E-state index >= 15 is 0 Å². The van der Waals surface area contributed by atoms with Gasteiger partial charge in [0.15, 0.2) is 0 Å². The molecule has 0 radical (unpaired) electrons. The monoisotopic (exact) mass is 260 g/mol. The van der Waals surface area contributed by atoms with Crippen molar-refractivity contribution in [1.82, 2.24) is 5.32 Å². The summed E-state index contributed by atoms with van der Waals surface area (Å²) in [5.41, 5.74) is 0.835. The van der Waals surface area contributed by atoms with Gasteiger partial charge in [-0.05, 0) is 31.0 Å². The van der Waals surface area contributed by atoms with Gasteiger partial charge in [0.2, 0.25) is 17.7 Å². The van der Waals surface area contributed by atoms with Crippen LogP contribution in [0.15, 0.2) is 24.3 Å². The van der Waals surface area contributed by atoms with Gasteiger partial charge < -0.3 is 5.32 Å². The van der Waals surface area contributed by atoms with Gasteiger partial charge >= 0.3 is 0 Å². The summed E-state index contributed by atoms with van der Waals surface area (Å²) in [5, 5.41) is 5.04. The van der Waals surface area contributed by atoms with Crippen LogP contribution >= 0.6 is 0 Å². The highest BCUT2D eigenvalue weighted by molar-refractivity contribution is 6.03. The molecule has 2 N–H and O–H groups in total. The molecule has 1 aromatic carbocycles. The van der Waals surface area contributed by atoms with Crippen LogP contribution in [0, 0.1) is 0 Å². The van der Waals surface area contributed by atoms with Gasteiger partial charge in [-0.2, -0.15) is 0 Å². The normalized spacial score (nSPS) is 22.8. The van der Waals surface area contributed by atoms with Crippen LogP contribution in [0.5, 0.6) is 0 Å². The Bertz CT molecular complexity index is 536. The molecule has 1 atom stereocenters. The van der Waals surface area contributed by atoms with Crippen molar-refractivity contribution in [3.8, 4) is 0 Å². The number of carbonyl (C=O) groups excluding carboxylic acids is 3. The predicted molar refractivity (Wildman–Crippen MR) is 70.5 cm³/mol. The van der Waals surface area contributed by atoms with Crippen molar-refractivity contribution in [3.63, 3.8) is 0 Å². The first kappa shape index (κ1) is 13.3. The van der Waals surface area contributed by atoms with E-state index in [1.165, 1.54) is 6.92 Å². The first-order valence-corrected chi connectivity index (χ1v) is 6.14. The van der Waals surface area contributed by atoms with Crippen LogP contribution in [0.3, 0.4) is 0 Å². The lowest BCUT2D eigenvalue weighted by Gasteiger charge is -2.32. The molecule has 5 heteroatoms. The molecule has 1 heterocycles. The fourth-order valence-corrected chi connectivity index (χ4v) is 2.20. The average molecular weight is 260 g/mol. The third-order valence-electron chi connectivity index (χ3n) is 3.45. The Morgan fingerprint density at radius 2 is 1.89 bits per heavy atom. The van der Waals surface area contributed by atoms with E-state index < -0.39 is 5.41 Å². The van der Waals surface area contributed by atoms with Gasteiger partial charge in [-0.3, -0.25) is 19.7 Å². The van der Waals surface area contributed by atoms with Gasteiger partial charge in [0.1, 0.15) is 0 Å². The molecule has 2 rings (SSSR count). The molecule has 1 aromatic rings. The molecule has 0 saturated carbocycles.